The molecule has 3 rings (SSSR count). The van der Waals surface area contributed by atoms with Gasteiger partial charge in [0.25, 0.3) is 0 Å². The van der Waals surface area contributed by atoms with E-state index >= 15 is 0 Å². The molecular weight excluding hydrogens is 364 g/mol. The standard InChI is InChI=1S/C20H21ClN4S/c1-5-10-22-20-25(15(3)13-26-20)23-12-17-11-14(2)24(16(17)4)19-8-6-18(21)7-9-19/h5-9,11-13H,1,10H2,2-4H3. The Labute approximate surface area is 162 Å². The number of hydrogen-bond acceptors (Lipinski definition) is 3. The van der Waals surface area contributed by atoms with Gasteiger partial charge in [-0.3, -0.25) is 4.99 Å². The Hall–Kier alpha value is -2.37. The van der Waals surface area contributed by atoms with E-state index in [-0.39, 0.29) is 0 Å². The Morgan fingerprint density at radius 1 is 1.15 bits per heavy atom. The molecular formula is C20H21ClN4S. The van der Waals surface area contributed by atoms with E-state index in [0.717, 1.165) is 38.2 Å². The van der Waals surface area contributed by atoms with E-state index in [1.165, 1.54) is 0 Å². The predicted octanol–water partition coefficient (Wildman–Crippen LogP) is 4.89. The van der Waals surface area contributed by atoms with Crippen molar-refractivity contribution in [3.05, 3.63) is 80.8 Å². The van der Waals surface area contributed by atoms with Crippen LogP contribution < -0.4 is 4.80 Å². The number of aryl methyl sites for hydroxylation is 2. The third-order valence-electron chi connectivity index (χ3n) is 4.07. The zero-order chi connectivity index (χ0) is 18.7. The van der Waals surface area contributed by atoms with Crippen LogP contribution in [0.1, 0.15) is 22.6 Å². The summed E-state index contributed by atoms with van der Waals surface area (Å²) in [6.07, 6.45) is 3.67. The van der Waals surface area contributed by atoms with E-state index in [1.54, 1.807) is 17.4 Å². The van der Waals surface area contributed by atoms with Crippen LogP contribution in [0.3, 0.4) is 0 Å². The van der Waals surface area contributed by atoms with Crippen LogP contribution in [0.5, 0.6) is 0 Å². The summed E-state index contributed by atoms with van der Waals surface area (Å²) in [5.74, 6) is 0. The highest BCUT2D eigenvalue weighted by Crippen LogP contribution is 2.21. The number of thiazole rings is 1. The molecule has 0 aliphatic carbocycles. The monoisotopic (exact) mass is 384 g/mol. The fourth-order valence-electron chi connectivity index (χ4n) is 2.80. The fraction of sp³-hybridized carbons (Fsp3) is 0.200. The number of rotatable bonds is 5. The van der Waals surface area contributed by atoms with Gasteiger partial charge in [0.15, 0.2) is 0 Å². The van der Waals surface area contributed by atoms with Gasteiger partial charge in [0.2, 0.25) is 4.80 Å². The average Bonchev–Trinajstić information content (AvgIpc) is 3.11. The van der Waals surface area contributed by atoms with Crippen molar-refractivity contribution in [2.24, 2.45) is 10.1 Å². The van der Waals surface area contributed by atoms with E-state index in [2.05, 4.69) is 46.5 Å². The molecule has 0 saturated heterocycles. The number of benzene rings is 1. The van der Waals surface area contributed by atoms with Crippen LogP contribution in [-0.2, 0) is 0 Å². The molecule has 0 aliphatic rings. The normalized spacial score (nSPS) is 12.2. The highest BCUT2D eigenvalue weighted by Gasteiger charge is 2.09. The smallest absolute Gasteiger partial charge is 0.206 e. The fourth-order valence-corrected chi connectivity index (χ4v) is 3.74. The van der Waals surface area contributed by atoms with Crippen molar-refractivity contribution in [2.45, 2.75) is 20.8 Å². The Kier molecular flexibility index (Phi) is 5.59. The first kappa shape index (κ1) is 18.4. The molecule has 0 bridgehead atoms. The van der Waals surface area contributed by atoms with E-state index in [1.807, 2.05) is 42.1 Å². The molecule has 0 atom stereocenters. The summed E-state index contributed by atoms with van der Waals surface area (Å²) in [5.41, 5.74) is 5.50. The molecule has 2 aromatic heterocycles. The Bertz CT molecular complexity index is 1020. The number of aromatic nitrogens is 2. The van der Waals surface area contributed by atoms with Gasteiger partial charge in [0.1, 0.15) is 0 Å². The van der Waals surface area contributed by atoms with Crippen LogP contribution >= 0.6 is 22.9 Å². The first-order valence-electron chi connectivity index (χ1n) is 8.29. The Balaban J connectivity index is 1.99. The predicted molar refractivity (Wildman–Crippen MR) is 111 cm³/mol. The highest BCUT2D eigenvalue weighted by atomic mass is 35.5. The third kappa shape index (κ3) is 3.74. The SMILES string of the molecule is C=CCN=c1scc(C)n1N=Cc1cc(C)n(-c2ccc(Cl)cc2)c1C. The number of nitrogens with zero attached hydrogens (tertiary/aromatic N) is 4. The van der Waals surface area contributed by atoms with Gasteiger partial charge < -0.3 is 4.57 Å². The van der Waals surface area contributed by atoms with Gasteiger partial charge in [-0.25, -0.2) is 4.68 Å². The zero-order valence-electron chi connectivity index (χ0n) is 15.1. The molecule has 0 spiro atoms. The lowest BCUT2D eigenvalue weighted by Crippen LogP contribution is -2.12. The second-order valence-electron chi connectivity index (χ2n) is 5.98. The second kappa shape index (κ2) is 7.89. The van der Waals surface area contributed by atoms with Crippen LogP contribution in [0, 0.1) is 20.8 Å². The largest absolute Gasteiger partial charge is 0.318 e. The van der Waals surface area contributed by atoms with Crippen molar-refractivity contribution in [2.75, 3.05) is 6.54 Å². The molecule has 2 heterocycles. The lowest BCUT2D eigenvalue weighted by molar-refractivity contribution is 0.798. The molecule has 0 N–H and O–H groups in total. The maximum Gasteiger partial charge on any atom is 0.206 e. The van der Waals surface area contributed by atoms with Crippen molar-refractivity contribution >= 4 is 29.2 Å². The summed E-state index contributed by atoms with van der Waals surface area (Å²) in [7, 11) is 0. The van der Waals surface area contributed by atoms with Crippen LogP contribution in [0.4, 0.5) is 0 Å². The molecule has 0 radical (unpaired) electrons. The minimum atomic E-state index is 0.584. The second-order valence-corrected chi connectivity index (χ2v) is 7.26. The summed E-state index contributed by atoms with van der Waals surface area (Å²) in [5, 5.41) is 7.44. The van der Waals surface area contributed by atoms with Gasteiger partial charge >= 0.3 is 0 Å². The summed E-state index contributed by atoms with van der Waals surface area (Å²) >= 11 is 7.59. The van der Waals surface area contributed by atoms with Crippen molar-refractivity contribution in [3.8, 4) is 5.69 Å². The van der Waals surface area contributed by atoms with Crippen LogP contribution in [0.2, 0.25) is 5.02 Å². The lowest BCUT2D eigenvalue weighted by atomic mass is 10.2. The maximum atomic E-state index is 6.01. The molecule has 0 aliphatic heterocycles. The summed E-state index contributed by atoms with van der Waals surface area (Å²) in [4.78, 5) is 5.36. The molecule has 3 aromatic rings. The number of halogens is 1. The topological polar surface area (TPSA) is 34.6 Å². The summed E-state index contributed by atoms with van der Waals surface area (Å²) < 4.78 is 4.06. The minimum absolute atomic E-state index is 0.584. The van der Waals surface area contributed by atoms with Crippen LogP contribution in [0.15, 0.2) is 58.5 Å². The Morgan fingerprint density at radius 3 is 2.58 bits per heavy atom. The Morgan fingerprint density at radius 2 is 1.88 bits per heavy atom. The van der Waals surface area contributed by atoms with E-state index < -0.39 is 0 Å². The molecule has 1 aromatic carbocycles. The zero-order valence-corrected chi connectivity index (χ0v) is 16.7. The van der Waals surface area contributed by atoms with Crippen molar-refractivity contribution in [1.82, 2.24) is 9.24 Å². The van der Waals surface area contributed by atoms with Crippen LogP contribution in [0.25, 0.3) is 5.69 Å². The minimum Gasteiger partial charge on any atom is -0.318 e. The van der Waals surface area contributed by atoms with Gasteiger partial charge in [-0.1, -0.05) is 17.7 Å². The molecule has 0 saturated carbocycles. The molecule has 0 unspecified atom stereocenters. The first-order chi connectivity index (χ1) is 12.5. The van der Waals surface area contributed by atoms with E-state index in [4.69, 9.17) is 11.6 Å². The summed E-state index contributed by atoms with van der Waals surface area (Å²) in [6, 6.07) is 9.99. The van der Waals surface area contributed by atoms with Gasteiger partial charge in [0, 0.05) is 33.0 Å². The van der Waals surface area contributed by atoms with Gasteiger partial charge in [-0.15, -0.1) is 17.9 Å². The van der Waals surface area contributed by atoms with Crippen LogP contribution in [-0.4, -0.2) is 22.0 Å². The van der Waals surface area contributed by atoms with Gasteiger partial charge in [-0.05, 0) is 51.1 Å². The molecule has 0 amide bonds. The maximum absolute atomic E-state index is 6.01. The molecule has 26 heavy (non-hydrogen) atoms. The molecule has 134 valence electrons. The lowest BCUT2D eigenvalue weighted by Gasteiger charge is -2.09. The summed E-state index contributed by atoms with van der Waals surface area (Å²) in [6.45, 7) is 10.5. The average molecular weight is 385 g/mol. The molecule has 6 heteroatoms. The van der Waals surface area contributed by atoms with Crippen molar-refractivity contribution in [1.29, 1.82) is 0 Å². The first-order valence-corrected chi connectivity index (χ1v) is 9.55. The quantitative estimate of drug-likeness (QED) is 0.443. The van der Waals surface area contributed by atoms with Gasteiger partial charge in [-0.2, -0.15) is 5.10 Å². The number of hydrogen-bond donors (Lipinski definition) is 0. The highest BCUT2D eigenvalue weighted by molar-refractivity contribution is 7.07. The van der Waals surface area contributed by atoms with E-state index in [0.29, 0.717) is 6.54 Å². The molecule has 4 nitrogen and oxygen atoms in total. The van der Waals surface area contributed by atoms with Gasteiger partial charge in [0.05, 0.1) is 18.5 Å². The third-order valence-corrected chi connectivity index (χ3v) is 5.30. The van der Waals surface area contributed by atoms with E-state index in [9.17, 15) is 0 Å². The van der Waals surface area contributed by atoms with Crippen molar-refractivity contribution < 1.29 is 0 Å². The molecule has 0 fully saturated rings. The van der Waals surface area contributed by atoms with Crippen molar-refractivity contribution in [3.63, 3.8) is 0 Å².